The van der Waals surface area contributed by atoms with Crippen molar-refractivity contribution in [1.82, 2.24) is 0 Å². The number of nitrogens with one attached hydrogen (secondary N) is 1. The lowest BCUT2D eigenvalue weighted by Crippen LogP contribution is -2.12. The summed E-state index contributed by atoms with van der Waals surface area (Å²) >= 11 is 11.9. The molecule has 3 rings (SSSR count). The second-order valence-corrected chi connectivity index (χ2v) is 7.53. The zero-order chi connectivity index (χ0) is 21.2. The standard InChI is InChI=1S/C24H23Cl2NO3/c25-19-8-13-23(22(26)17-19)30-15-4-7-24(28)27-20-9-11-21(12-10-20)29-16-14-18-5-2-1-3-6-18/h1-3,5-6,8-13,17H,4,7,14-16H2,(H,27,28). The SMILES string of the molecule is O=C(CCCOc1ccc(Cl)cc1Cl)Nc1ccc(OCCc2ccccc2)cc1. The maximum atomic E-state index is 12.1. The van der Waals surface area contributed by atoms with Gasteiger partial charge >= 0.3 is 0 Å². The van der Waals surface area contributed by atoms with Gasteiger partial charge in [0.05, 0.1) is 18.2 Å². The number of benzene rings is 3. The van der Waals surface area contributed by atoms with Gasteiger partial charge in [-0.25, -0.2) is 0 Å². The van der Waals surface area contributed by atoms with Gasteiger partial charge in [-0.05, 0) is 54.4 Å². The first-order valence-corrected chi connectivity index (χ1v) is 10.5. The summed E-state index contributed by atoms with van der Waals surface area (Å²) in [5.74, 6) is 1.26. The second kappa shape index (κ2) is 11.5. The van der Waals surface area contributed by atoms with Crippen LogP contribution < -0.4 is 14.8 Å². The van der Waals surface area contributed by atoms with Crippen molar-refractivity contribution in [3.63, 3.8) is 0 Å². The predicted molar refractivity (Wildman–Crippen MR) is 122 cm³/mol. The molecule has 0 radical (unpaired) electrons. The third kappa shape index (κ3) is 7.29. The minimum atomic E-state index is -0.0708. The van der Waals surface area contributed by atoms with E-state index in [2.05, 4.69) is 17.4 Å². The maximum absolute atomic E-state index is 12.1. The molecule has 0 aliphatic heterocycles. The first-order valence-electron chi connectivity index (χ1n) is 9.74. The molecular formula is C24H23Cl2NO3. The Labute approximate surface area is 186 Å². The van der Waals surface area contributed by atoms with Crippen molar-refractivity contribution in [2.24, 2.45) is 0 Å². The lowest BCUT2D eigenvalue weighted by atomic mass is 10.2. The van der Waals surface area contributed by atoms with Gasteiger partial charge in [0.15, 0.2) is 0 Å². The van der Waals surface area contributed by atoms with Crippen LogP contribution in [0.2, 0.25) is 10.0 Å². The summed E-state index contributed by atoms with van der Waals surface area (Å²) in [6.45, 7) is 0.996. The van der Waals surface area contributed by atoms with Gasteiger partial charge in [-0.1, -0.05) is 53.5 Å². The number of anilines is 1. The van der Waals surface area contributed by atoms with Crippen LogP contribution >= 0.6 is 23.2 Å². The van der Waals surface area contributed by atoms with E-state index in [1.165, 1.54) is 5.56 Å². The van der Waals surface area contributed by atoms with E-state index < -0.39 is 0 Å². The van der Waals surface area contributed by atoms with E-state index in [-0.39, 0.29) is 5.91 Å². The number of ether oxygens (including phenoxy) is 2. The van der Waals surface area contributed by atoms with Crippen molar-refractivity contribution in [2.75, 3.05) is 18.5 Å². The van der Waals surface area contributed by atoms with Crippen LogP contribution in [0.15, 0.2) is 72.8 Å². The smallest absolute Gasteiger partial charge is 0.224 e. The monoisotopic (exact) mass is 443 g/mol. The van der Waals surface area contributed by atoms with Gasteiger partial charge in [0.1, 0.15) is 11.5 Å². The topological polar surface area (TPSA) is 47.6 Å². The van der Waals surface area contributed by atoms with E-state index in [4.69, 9.17) is 32.7 Å². The van der Waals surface area contributed by atoms with Crippen molar-refractivity contribution in [2.45, 2.75) is 19.3 Å². The molecular weight excluding hydrogens is 421 g/mol. The lowest BCUT2D eigenvalue weighted by Gasteiger charge is -2.10. The highest BCUT2D eigenvalue weighted by atomic mass is 35.5. The van der Waals surface area contributed by atoms with E-state index in [0.717, 1.165) is 17.9 Å². The molecule has 0 aromatic heterocycles. The Bertz CT molecular complexity index is 946. The molecule has 0 atom stereocenters. The molecule has 0 heterocycles. The maximum Gasteiger partial charge on any atom is 0.224 e. The van der Waals surface area contributed by atoms with E-state index in [0.29, 0.717) is 41.9 Å². The van der Waals surface area contributed by atoms with Gasteiger partial charge in [-0.15, -0.1) is 0 Å². The van der Waals surface area contributed by atoms with Crippen molar-refractivity contribution >= 4 is 34.8 Å². The van der Waals surface area contributed by atoms with Gasteiger partial charge in [-0.3, -0.25) is 4.79 Å². The Morgan fingerprint density at radius 3 is 2.37 bits per heavy atom. The van der Waals surface area contributed by atoms with Gasteiger partial charge in [-0.2, -0.15) is 0 Å². The number of halogens is 2. The van der Waals surface area contributed by atoms with Gasteiger partial charge in [0.25, 0.3) is 0 Å². The Hall–Kier alpha value is -2.69. The zero-order valence-electron chi connectivity index (χ0n) is 16.4. The number of rotatable bonds is 10. The van der Waals surface area contributed by atoms with Gasteiger partial charge in [0, 0.05) is 23.6 Å². The summed E-state index contributed by atoms with van der Waals surface area (Å²) in [7, 11) is 0. The third-order valence-electron chi connectivity index (χ3n) is 4.34. The van der Waals surface area contributed by atoms with E-state index in [1.807, 2.05) is 42.5 Å². The molecule has 156 valence electrons. The Morgan fingerprint density at radius 1 is 0.867 bits per heavy atom. The molecule has 30 heavy (non-hydrogen) atoms. The van der Waals surface area contributed by atoms with Crippen LogP contribution in [0.25, 0.3) is 0 Å². The number of hydrogen-bond acceptors (Lipinski definition) is 3. The average Bonchev–Trinajstić information content (AvgIpc) is 2.74. The molecule has 0 bridgehead atoms. The predicted octanol–water partition coefficient (Wildman–Crippen LogP) is 6.41. The Kier molecular flexibility index (Phi) is 8.42. The molecule has 1 amide bonds. The van der Waals surface area contributed by atoms with Gasteiger partial charge < -0.3 is 14.8 Å². The summed E-state index contributed by atoms with van der Waals surface area (Å²) in [5.41, 5.74) is 1.97. The summed E-state index contributed by atoms with van der Waals surface area (Å²) in [5, 5.41) is 3.89. The van der Waals surface area contributed by atoms with Crippen LogP contribution in [0.5, 0.6) is 11.5 Å². The highest BCUT2D eigenvalue weighted by molar-refractivity contribution is 6.35. The minimum absolute atomic E-state index is 0.0708. The van der Waals surface area contributed by atoms with Crippen LogP contribution in [-0.4, -0.2) is 19.1 Å². The first kappa shape index (κ1) is 22.0. The molecule has 3 aromatic carbocycles. The first-order chi connectivity index (χ1) is 14.6. The largest absolute Gasteiger partial charge is 0.493 e. The van der Waals surface area contributed by atoms with E-state index in [9.17, 15) is 4.79 Å². The highest BCUT2D eigenvalue weighted by Gasteiger charge is 2.05. The number of carbonyl (C=O) groups excluding carboxylic acids is 1. The number of amides is 1. The van der Waals surface area contributed by atoms with Crippen molar-refractivity contribution < 1.29 is 14.3 Å². The third-order valence-corrected chi connectivity index (χ3v) is 4.87. The van der Waals surface area contributed by atoms with E-state index >= 15 is 0 Å². The number of carbonyl (C=O) groups is 1. The van der Waals surface area contributed by atoms with Crippen LogP contribution in [0.4, 0.5) is 5.69 Å². The molecule has 0 aliphatic carbocycles. The second-order valence-electron chi connectivity index (χ2n) is 6.68. The van der Waals surface area contributed by atoms with Crippen molar-refractivity contribution in [3.05, 3.63) is 88.4 Å². The lowest BCUT2D eigenvalue weighted by molar-refractivity contribution is -0.116. The molecule has 0 aliphatic rings. The summed E-state index contributed by atoms with van der Waals surface area (Å²) in [6.07, 6.45) is 1.77. The summed E-state index contributed by atoms with van der Waals surface area (Å²) in [6, 6.07) is 22.6. The fourth-order valence-electron chi connectivity index (χ4n) is 2.80. The summed E-state index contributed by atoms with van der Waals surface area (Å²) in [4.78, 5) is 12.1. The fraction of sp³-hybridized carbons (Fsp3) is 0.208. The summed E-state index contributed by atoms with van der Waals surface area (Å²) < 4.78 is 11.4. The average molecular weight is 444 g/mol. The van der Waals surface area contributed by atoms with E-state index in [1.54, 1.807) is 18.2 Å². The minimum Gasteiger partial charge on any atom is -0.493 e. The normalized spacial score (nSPS) is 10.5. The molecule has 4 nitrogen and oxygen atoms in total. The number of hydrogen-bond donors (Lipinski definition) is 1. The molecule has 6 heteroatoms. The van der Waals surface area contributed by atoms with Crippen LogP contribution in [0.3, 0.4) is 0 Å². The molecule has 0 saturated heterocycles. The van der Waals surface area contributed by atoms with Crippen LogP contribution in [0.1, 0.15) is 18.4 Å². The van der Waals surface area contributed by atoms with Gasteiger partial charge in [0.2, 0.25) is 5.91 Å². The van der Waals surface area contributed by atoms with Crippen LogP contribution in [0, 0.1) is 0 Å². The Balaban J connectivity index is 1.34. The van der Waals surface area contributed by atoms with Crippen LogP contribution in [-0.2, 0) is 11.2 Å². The zero-order valence-corrected chi connectivity index (χ0v) is 18.0. The molecule has 0 spiro atoms. The molecule has 3 aromatic rings. The van der Waals surface area contributed by atoms with Crippen molar-refractivity contribution in [3.8, 4) is 11.5 Å². The molecule has 0 unspecified atom stereocenters. The Morgan fingerprint density at radius 2 is 1.63 bits per heavy atom. The highest BCUT2D eigenvalue weighted by Crippen LogP contribution is 2.27. The van der Waals surface area contributed by atoms with Crippen molar-refractivity contribution in [1.29, 1.82) is 0 Å². The molecule has 0 fully saturated rings. The molecule has 1 N–H and O–H groups in total. The molecule has 0 saturated carbocycles. The quantitative estimate of drug-likeness (QED) is 0.368. The fourth-order valence-corrected chi connectivity index (χ4v) is 3.26.